The van der Waals surface area contributed by atoms with Gasteiger partial charge in [0.2, 0.25) is 0 Å². The highest BCUT2D eigenvalue weighted by atomic mass is 19.1. The molecule has 0 aromatic heterocycles. The summed E-state index contributed by atoms with van der Waals surface area (Å²) in [5.41, 5.74) is 1.01. The number of carbonyl (C=O) groups is 1. The summed E-state index contributed by atoms with van der Waals surface area (Å²) >= 11 is 0. The molecular formula is C22H20FNO4. The normalized spacial score (nSPS) is 18.9. The van der Waals surface area contributed by atoms with Crippen molar-refractivity contribution in [3.8, 4) is 11.8 Å². The van der Waals surface area contributed by atoms with Gasteiger partial charge in [-0.1, -0.05) is 18.2 Å². The number of ether oxygens (including phenoxy) is 3. The van der Waals surface area contributed by atoms with E-state index in [-0.39, 0.29) is 11.3 Å². The van der Waals surface area contributed by atoms with Crippen molar-refractivity contribution in [3.05, 3.63) is 77.6 Å². The molecule has 28 heavy (non-hydrogen) atoms. The molecule has 0 spiro atoms. The highest BCUT2D eigenvalue weighted by molar-refractivity contribution is 5.91. The number of hydrogen-bond donors (Lipinski definition) is 0. The Labute approximate surface area is 163 Å². The molecular weight excluding hydrogens is 361 g/mol. The first-order valence-corrected chi connectivity index (χ1v) is 8.96. The van der Waals surface area contributed by atoms with Crippen molar-refractivity contribution in [1.82, 2.24) is 0 Å². The van der Waals surface area contributed by atoms with Crippen molar-refractivity contribution in [2.75, 3.05) is 13.2 Å². The molecule has 1 heterocycles. The highest BCUT2D eigenvalue weighted by Gasteiger charge is 2.23. The molecule has 0 amide bonds. The van der Waals surface area contributed by atoms with Crippen molar-refractivity contribution < 1.29 is 23.4 Å². The number of nitrogens with zero attached hydrogens (tertiary/aromatic N) is 1. The molecule has 1 saturated heterocycles. The van der Waals surface area contributed by atoms with Crippen LogP contribution in [-0.2, 0) is 9.47 Å². The van der Waals surface area contributed by atoms with Crippen LogP contribution >= 0.6 is 0 Å². The molecule has 2 aromatic rings. The molecule has 0 saturated carbocycles. The van der Waals surface area contributed by atoms with Gasteiger partial charge < -0.3 is 14.2 Å². The number of nitriles is 1. The predicted octanol–water partition coefficient (Wildman–Crippen LogP) is 4.54. The summed E-state index contributed by atoms with van der Waals surface area (Å²) in [5, 5.41) is 8.73. The van der Waals surface area contributed by atoms with Gasteiger partial charge in [-0.15, -0.1) is 6.58 Å². The van der Waals surface area contributed by atoms with E-state index in [2.05, 4.69) is 6.58 Å². The monoisotopic (exact) mass is 381 g/mol. The molecule has 0 atom stereocenters. The lowest BCUT2D eigenvalue weighted by Gasteiger charge is -2.29. The van der Waals surface area contributed by atoms with E-state index in [1.165, 1.54) is 12.1 Å². The molecule has 1 aliphatic rings. The molecule has 1 fully saturated rings. The zero-order valence-electron chi connectivity index (χ0n) is 15.3. The quantitative estimate of drug-likeness (QED) is 0.417. The lowest BCUT2D eigenvalue weighted by atomic mass is 10.0. The first kappa shape index (κ1) is 19.7. The average Bonchev–Trinajstić information content (AvgIpc) is 2.73. The third-order valence-corrected chi connectivity index (χ3v) is 4.44. The largest absolute Gasteiger partial charge is 0.423 e. The summed E-state index contributed by atoms with van der Waals surface area (Å²) in [6.07, 6.45) is 3.34. The smallest absolute Gasteiger partial charge is 0.343 e. The van der Waals surface area contributed by atoms with Gasteiger partial charge in [-0.3, -0.25) is 0 Å². The van der Waals surface area contributed by atoms with E-state index in [1.54, 1.807) is 30.3 Å². The van der Waals surface area contributed by atoms with Crippen LogP contribution in [0.3, 0.4) is 0 Å². The Morgan fingerprint density at radius 2 is 1.96 bits per heavy atom. The van der Waals surface area contributed by atoms with Crippen LogP contribution < -0.4 is 4.74 Å². The van der Waals surface area contributed by atoms with Crippen molar-refractivity contribution in [2.24, 2.45) is 5.92 Å². The van der Waals surface area contributed by atoms with Crippen LogP contribution in [0.5, 0.6) is 5.75 Å². The number of allylic oxidation sites excluding steroid dienone is 1. The van der Waals surface area contributed by atoms with Crippen LogP contribution in [0.4, 0.5) is 4.39 Å². The number of halogens is 1. The number of hydrogen-bond acceptors (Lipinski definition) is 5. The van der Waals surface area contributed by atoms with Crippen LogP contribution in [-0.4, -0.2) is 19.2 Å². The average molecular weight is 381 g/mol. The van der Waals surface area contributed by atoms with E-state index in [0.717, 1.165) is 24.5 Å². The van der Waals surface area contributed by atoms with Gasteiger partial charge in [0.1, 0.15) is 17.6 Å². The molecule has 3 rings (SSSR count). The topological polar surface area (TPSA) is 68.5 Å². The van der Waals surface area contributed by atoms with Crippen LogP contribution in [0, 0.1) is 23.1 Å². The van der Waals surface area contributed by atoms with Crippen molar-refractivity contribution in [1.29, 1.82) is 5.26 Å². The molecule has 144 valence electrons. The van der Waals surface area contributed by atoms with Crippen molar-refractivity contribution >= 4 is 5.97 Å². The molecule has 0 aliphatic carbocycles. The molecule has 2 aromatic carbocycles. The summed E-state index contributed by atoms with van der Waals surface area (Å²) in [4.78, 5) is 12.2. The molecule has 6 heteroatoms. The summed E-state index contributed by atoms with van der Waals surface area (Å²) in [6, 6.07) is 12.1. The first-order chi connectivity index (χ1) is 13.6. The minimum absolute atomic E-state index is 0.0371. The Morgan fingerprint density at radius 3 is 2.57 bits per heavy atom. The Kier molecular flexibility index (Phi) is 6.53. The first-order valence-electron chi connectivity index (χ1n) is 8.96. The Balaban J connectivity index is 1.58. The van der Waals surface area contributed by atoms with Gasteiger partial charge in [-0.2, -0.15) is 5.26 Å². The lowest BCUT2D eigenvalue weighted by molar-refractivity contribution is -0.205. The van der Waals surface area contributed by atoms with E-state index < -0.39 is 18.1 Å². The maximum absolute atomic E-state index is 13.6. The van der Waals surface area contributed by atoms with Crippen LogP contribution in [0.25, 0.3) is 0 Å². The Hall–Kier alpha value is -3.01. The second-order valence-electron chi connectivity index (χ2n) is 6.50. The van der Waals surface area contributed by atoms with E-state index >= 15 is 0 Å². The van der Waals surface area contributed by atoms with E-state index in [0.29, 0.717) is 24.7 Å². The second kappa shape index (κ2) is 9.27. The maximum atomic E-state index is 13.6. The van der Waals surface area contributed by atoms with Gasteiger partial charge in [0.25, 0.3) is 0 Å². The van der Waals surface area contributed by atoms with Gasteiger partial charge in [0, 0.05) is 17.5 Å². The van der Waals surface area contributed by atoms with Gasteiger partial charge in [0.15, 0.2) is 6.29 Å². The fourth-order valence-corrected chi connectivity index (χ4v) is 2.85. The van der Waals surface area contributed by atoms with Gasteiger partial charge >= 0.3 is 5.97 Å². The van der Waals surface area contributed by atoms with Gasteiger partial charge in [-0.05, 0) is 37.1 Å². The maximum Gasteiger partial charge on any atom is 0.343 e. The minimum Gasteiger partial charge on any atom is -0.423 e. The molecule has 0 radical (unpaired) electrons. The zero-order valence-corrected chi connectivity index (χ0v) is 15.3. The number of rotatable bonds is 6. The standard InChI is InChI=1S/C22H20FNO4/c1-2-3-4-15-13-26-22(27-14-15)17-7-5-16(6-8-17)21(25)28-19-10-9-18(12-24)20(23)11-19/h2,5-11,15,22H,1,3-4,13-14H2. The SMILES string of the molecule is C=CCCC1COC(c2ccc(C(=O)Oc3ccc(C#N)c(F)c3)cc2)OC1. The van der Waals surface area contributed by atoms with E-state index in [4.69, 9.17) is 19.5 Å². The highest BCUT2D eigenvalue weighted by Crippen LogP contribution is 2.27. The van der Waals surface area contributed by atoms with Crippen LogP contribution in [0.2, 0.25) is 0 Å². The van der Waals surface area contributed by atoms with Gasteiger partial charge in [0.05, 0.1) is 24.3 Å². The molecule has 5 nitrogen and oxygen atoms in total. The summed E-state index contributed by atoms with van der Waals surface area (Å²) in [5.74, 6) is -0.960. The molecule has 0 bridgehead atoms. The summed E-state index contributed by atoms with van der Waals surface area (Å²) < 4.78 is 30.3. The third kappa shape index (κ3) is 4.83. The second-order valence-corrected chi connectivity index (χ2v) is 6.50. The zero-order chi connectivity index (χ0) is 19.9. The van der Waals surface area contributed by atoms with Crippen LogP contribution in [0.15, 0.2) is 55.1 Å². The van der Waals surface area contributed by atoms with E-state index in [9.17, 15) is 9.18 Å². The number of carbonyl (C=O) groups excluding carboxylic acids is 1. The van der Waals surface area contributed by atoms with Crippen LogP contribution in [0.1, 0.15) is 40.6 Å². The summed E-state index contributed by atoms with van der Waals surface area (Å²) in [6.45, 7) is 4.95. The fraction of sp³-hybridized carbons (Fsp3) is 0.273. The van der Waals surface area contributed by atoms with Gasteiger partial charge in [-0.25, -0.2) is 9.18 Å². The Bertz CT molecular complexity index is 880. The number of benzene rings is 2. The fourth-order valence-electron chi connectivity index (χ4n) is 2.85. The summed E-state index contributed by atoms with van der Waals surface area (Å²) in [7, 11) is 0. The van der Waals surface area contributed by atoms with Crippen molar-refractivity contribution in [3.63, 3.8) is 0 Å². The molecule has 1 aliphatic heterocycles. The van der Waals surface area contributed by atoms with Crippen molar-refractivity contribution in [2.45, 2.75) is 19.1 Å². The minimum atomic E-state index is -0.735. The third-order valence-electron chi connectivity index (χ3n) is 4.44. The Morgan fingerprint density at radius 1 is 1.25 bits per heavy atom. The molecule has 0 unspecified atom stereocenters. The molecule has 0 N–H and O–H groups in total. The lowest BCUT2D eigenvalue weighted by Crippen LogP contribution is -2.27. The predicted molar refractivity (Wildman–Crippen MR) is 100 cm³/mol. The van der Waals surface area contributed by atoms with E-state index in [1.807, 2.05) is 6.08 Å². The number of esters is 1.